The topological polar surface area (TPSA) is 55.2 Å². The molecule has 0 aromatic carbocycles. The molecule has 0 saturated heterocycles. The molecular formula is C7H11N3O2S. The summed E-state index contributed by atoms with van der Waals surface area (Å²) in [5.41, 5.74) is 0. The van der Waals surface area contributed by atoms with Gasteiger partial charge in [0.05, 0.1) is 0 Å². The molecule has 6 heteroatoms. The third kappa shape index (κ3) is 1.51. The molecule has 5 nitrogen and oxygen atoms in total. The smallest absolute Gasteiger partial charge is 0.222 e. The normalized spacial score (nSPS) is 15.4. The van der Waals surface area contributed by atoms with Crippen molar-refractivity contribution < 1.29 is 9.00 Å². The van der Waals surface area contributed by atoms with Crippen molar-refractivity contribution in [1.29, 1.82) is 0 Å². The van der Waals surface area contributed by atoms with Crippen molar-refractivity contribution in [1.82, 2.24) is 13.3 Å². The van der Waals surface area contributed by atoms with Crippen LogP contribution in [0.5, 0.6) is 0 Å². The summed E-state index contributed by atoms with van der Waals surface area (Å²) in [6.45, 7) is 1.68. The predicted octanol–water partition coefficient (Wildman–Crippen LogP) is -0.217. The lowest BCUT2D eigenvalue weighted by Gasteiger charge is -2.15. The number of rotatable bonds is 2. The number of imidazole rings is 1. The van der Waals surface area contributed by atoms with E-state index in [1.165, 1.54) is 20.7 Å². The number of aryl methyl sites for hydroxylation is 1. The van der Waals surface area contributed by atoms with E-state index >= 15 is 0 Å². The molecule has 1 unspecified atom stereocenters. The highest BCUT2D eigenvalue weighted by atomic mass is 32.2. The SMILES string of the molecule is Cc1nccn1S(=O)(=C=O)N(C)C. The molecule has 0 bridgehead atoms. The first kappa shape index (κ1) is 9.98. The summed E-state index contributed by atoms with van der Waals surface area (Å²) in [5.74, 6) is 0.530. The minimum atomic E-state index is -2.93. The first-order valence-corrected chi connectivity index (χ1v) is 5.10. The van der Waals surface area contributed by atoms with Crippen molar-refractivity contribution in [2.75, 3.05) is 14.1 Å². The zero-order valence-corrected chi connectivity index (χ0v) is 8.54. The van der Waals surface area contributed by atoms with E-state index in [4.69, 9.17) is 0 Å². The Morgan fingerprint density at radius 3 is 2.54 bits per heavy atom. The minimum absolute atomic E-state index is 0.530. The number of aromatic nitrogens is 2. The molecule has 1 aromatic heterocycles. The molecule has 0 amide bonds. The molecule has 13 heavy (non-hydrogen) atoms. The third-order valence-corrected chi connectivity index (χ3v) is 3.78. The summed E-state index contributed by atoms with van der Waals surface area (Å²) >= 11 is 0. The van der Waals surface area contributed by atoms with Crippen molar-refractivity contribution in [3.05, 3.63) is 18.2 Å². The number of carbonyl (C=O) groups excluding carboxylic acids is 1. The molecule has 0 aliphatic carbocycles. The molecule has 72 valence electrons. The van der Waals surface area contributed by atoms with Crippen LogP contribution in [0, 0.1) is 6.92 Å². The van der Waals surface area contributed by atoms with Crippen molar-refractivity contribution in [2.24, 2.45) is 0 Å². The van der Waals surface area contributed by atoms with Gasteiger partial charge in [-0.1, -0.05) is 0 Å². The highest BCUT2D eigenvalue weighted by Gasteiger charge is 2.15. The second kappa shape index (κ2) is 3.33. The molecule has 0 aliphatic rings. The fourth-order valence-electron chi connectivity index (χ4n) is 0.919. The second-order valence-electron chi connectivity index (χ2n) is 2.69. The van der Waals surface area contributed by atoms with Crippen LogP contribution in [-0.4, -0.2) is 36.8 Å². The number of hydrogen-bond acceptors (Lipinski definition) is 3. The van der Waals surface area contributed by atoms with E-state index in [2.05, 4.69) is 4.98 Å². The van der Waals surface area contributed by atoms with E-state index in [-0.39, 0.29) is 0 Å². The molecular weight excluding hydrogens is 190 g/mol. The number of nitrogens with zero attached hydrogens (tertiary/aromatic N) is 3. The van der Waals surface area contributed by atoms with Gasteiger partial charge in [0.2, 0.25) is 15.1 Å². The lowest BCUT2D eigenvalue weighted by atomic mass is 10.8. The minimum Gasteiger partial charge on any atom is -0.241 e. The van der Waals surface area contributed by atoms with Gasteiger partial charge < -0.3 is 0 Å². The lowest BCUT2D eigenvalue weighted by Crippen LogP contribution is -2.29. The molecule has 0 spiro atoms. The summed E-state index contributed by atoms with van der Waals surface area (Å²) in [4.78, 5) is 14.5. The van der Waals surface area contributed by atoms with Crippen LogP contribution in [0.2, 0.25) is 0 Å². The van der Waals surface area contributed by atoms with Gasteiger partial charge in [0.1, 0.15) is 5.82 Å². The highest BCUT2D eigenvalue weighted by molar-refractivity contribution is 7.97. The number of hydrogen-bond donors (Lipinski definition) is 0. The van der Waals surface area contributed by atoms with Crippen LogP contribution in [0.3, 0.4) is 0 Å². The van der Waals surface area contributed by atoms with Crippen LogP contribution in [-0.2, 0) is 14.7 Å². The second-order valence-corrected chi connectivity index (χ2v) is 4.98. The maximum absolute atomic E-state index is 12.0. The zero-order chi connectivity index (χ0) is 10.1. The van der Waals surface area contributed by atoms with Crippen LogP contribution < -0.4 is 0 Å². The van der Waals surface area contributed by atoms with Crippen LogP contribution in [0.15, 0.2) is 12.4 Å². The van der Waals surface area contributed by atoms with Crippen molar-refractivity contribution in [3.63, 3.8) is 0 Å². The average molecular weight is 201 g/mol. The summed E-state index contributed by atoms with van der Waals surface area (Å²) < 4.78 is 14.6. The Balaban J connectivity index is 3.46. The Bertz CT molecular complexity index is 436. The Morgan fingerprint density at radius 2 is 2.23 bits per heavy atom. The fourth-order valence-corrected chi connectivity index (χ4v) is 2.12. The molecule has 0 radical (unpaired) electrons. The Hall–Kier alpha value is -1.10. The van der Waals surface area contributed by atoms with E-state index in [9.17, 15) is 9.00 Å². The lowest BCUT2D eigenvalue weighted by molar-refractivity contribution is 0.558. The van der Waals surface area contributed by atoms with E-state index < -0.39 is 9.89 Å². The Morgan fingerprint density at radius 1 is 1.62 bits per heavy atom. The summed E-state index contributed by atoms with van der Waals surface area (Å²) in [5, 5.41) is 1.55. The molecule has 1 rings (SSSR count). The third-order valence-electron chi connectivity index (χ3n) is 1.65. The molecule has 1 atom stereocenters. The van der Waals surface area contributed by atoms with Crippen LogP contribution in [0.1, 0.15) is 5.82 Å². The Labute approximate surface area is 77.3 Å². The monoisotopic (exact) mass is 201 g/mol. The van der Waals surface area contributed by atoms with Crippen LogP contribution >= 0.6 is 0 Å². The summed E-state index contributed by atoms with van der Waals surface area (Å²) in [6.07, 6.45) is 3.00. The van der Waals surface area contributed by atoms with Gasteiger partial charge in [-0.2, -0.15) is 0 Å². The summed E-state index contributed by atoms with van der Waals surface area (Å²) in [6, 6.07) is 0. The fraction of sp³-hybridized carbons (Fsp3) is 0.429. The van der Waals surface area contributed by atoms with Crippen molar-refractivity contribution in [2.45, 2.75) is 6.92 Å². The zero-order valence-electron chi connectivity index (χ0n) is 7.72. The maximum atomic E-state index is 12.0. The quantitative estimate of drug-likeness (QED) is 0.622. The van der Waals surface area contributed by atoms with Gasteiger partial charge in [-0.25, -0.2) is 22.3 Å². The van der Waals surface area contributed by atoms with Gasteiger partial charge in [0, 0.05) is 26.5 Å². The van der Waals surface area contributed by atoms with Crippen molar-refractivity contribution >= 4 is 15.1 Å². The summed E-state index contributed by atoms with van der Waals surface area (Å²) in [7, 11) is 0.197. The maximum Gasteiger partial charge on any atom is 0.222 e. The largest absolute Gasteiger partial charge is 0.241 e. The van der Waals surface area contributed by atoms with Gasteiger partial charge in [0.15, 0.2) is 0 Å². The predicted molar refractivity (Wildman–Crippen MR) is 49.9 cm³/mol. The Kier molecular flexibility index (Phi) is 2.56. The molecule has 0 saturated carbocycles. The van der Waals surface area contributed by atoms with E-state index in [0.29, 0.717) is 5.82 Å². The van der Waals surface area contributed by atoms with E-state index in [0.717, 1.165) is 0 Å². The van der Waals surface area contributed by atoms with Crippen LogP contribution in [0.25, 0.3) is 0 Å². The van der Waals surface area contributed by atoms with Gasteiger partial charge in [-0.15, -0.1) is 0 Å². The molecule has 0 N–H and O–H groups in total. The van der Waals surface area contributed by atoms with Gasteiger partial charge in [-0.3, -0.25) is 0 Å². The molecule has 1 aromatic rings. The van der Waals surface area contributed by atoms with Crippen molar-refractivity contribution in [3.8, 4) is 0 Å². The average Bonchev–Trinajstić information content (AvgIpc) is 2.50. The first-order valence-electron chi connectivity index (χ1n) is 3.63. The molecule has 1 heterocycles. The van der Waals surface area contributed by atoms with Gasteiger partial charge >= 0.3 is 0 Å². The first-order chi connectivity index (χ1) is 6.02. The van der Waals surface area contributed by atoms with Crippen LogP contribution in [0.4, 0.5) is 0 Å². The standard InChI is InChI=1S/C7H11N3O2S/c1-7-8-4-5-10(7)13(12,6-11)9(2)3/h4-5H,1-3H3. The van der Waals surface area contributed by atoms with Gasteiger partial charge in [0.25, 0.3) is 0 Å². The van der Waals surface area contributed by atoms with Gasteiger partial charge in [-0.05, 0) is 6.92 Å². The van der Waals surface area contributed by atoms with E-state index in [1.807, 2.05) is 0 Å². The molecule has 0 aliphatic heterocycles. The molecule has 0 fully saturated rings. The highest BCUT2D eigenvalue weighted by Crippen LogP contribution is 2.04. The van der Waals surface area contributed by atoms with E-state index in [1.54, 1.807) is 26.3 Å².